The summed E-state index contributed by atoms with van der Waals surface area (Å²) in [6.07, 6.45) is 4.85. The molecule has 6 aromatic carbocycles. The number of fused-ring (bicyclic) bond motifs is 7. The molecule has 2 aliphatic rings. The summed E-state index contributed by atoms with van der Waals surface area (Å²) in [5, 5.41) is 5.34. The predicted octanol–water partition coefficient (Wildman–Crippen LogP) is 4.51. The van der Waals surface area contributed by atoms with Gasteiger partial charge in [-0.3, -0.25) is 0 Å². The van der Waals surface area contributed by atoms with E-state index in [2.05, 4.69) is 142 Å². The smallest absolute Gasteiger partial charge is 1.00 e. The predicted molar refractivity (Wildman–Crippen MR) is 189 cm³/mol. The van der Waals surface area contributed by atoms with Crippen LogP contribution in [0.25, 0.3) is 49.9 Å². The third-order valence-corrected chi connectivity index (χ3v) is 18.6. The second kappa shape index (κ2) is 13.4. The summed E-state index contributed by atoms with van der Waals surface area (Å²) in [4.78, 5) is 0. The molecule has 0 bridgehead atoms. The van der Waals surface area contributed by atoms with Crippen LogP contribution in [0.5, 0.6) is 0 Å². The number of hydrogen-bond acceptors (Lipinski definition) is 0. The molecule has 0 radical (unpaired) electrons. The van der Waals surface area contributed by atoms with Crippen molar-refractivity contribution < 1.29 is 47.2 Å². The third-order valence-electron chi connectivity index (χ3n) is 10.1. The second-order valence-corrected chi connectivity index (χ2v) is 27.6. The normalized spacial score (nSPS) is 15.0. The minimum absolute atomic E-state index is 0. The summed E-state index contributed by atoms with van der Waals surface area (Å²) >= 11 is -0.642. The van der Waals surface area contributed by atoms with Gasteiger partial charge in [-0.05, 0) is 0 Å². The Bertz CT molecular complexity index is 2130. The Kier molecular flexibility index (Phi) is 9.67. The summed E-state index contributed by atoms with van der Waals surface area (Å²) in [5.74, 6) is 0.208. The van der Waals surface area contributed by atoms with Crippen molar-refractivity contribution in [2.45, 2.75) is 45.7 Å². The monoisotopic (exact) mass is 730 g/mol. The molecule has 4 heteroatoms. The summed E-state index contributed by atoms with van der Waals surface area (Å²) in [6, 6.07) is 41.7. The summed E-state index contributed by atoms with van der Waals surface area (Å²) in [6.45, 7) is 9.99. The second-order valence-electron chi connectivity index (χ2n) is 13.1. The number of hydrogen-bond donors (Lipinski definition) is 0. The molecule has 228 valence electrons. The molecule has 0 aromatic heterocycles. The maximum atomic E-state index is 2.62. The maximum absolute atomic E-state index is 2.62. The van der Waals surface area contributed by atoms with Gasteiger partial charge in [-0.2, -0.15) is 0 Å². The van der Waals surface area contributed by atoms with Crippen molar-refractivity contribution in [2.75, 3.05) is 0 Å². The first-order chi connectivity index (χ1) is 21.5. The van der Waals surface area contributed by atoms with Crippen molar-refractivity contribution in [1.29, 1.82) is 0 Å². The number of benzene rings is 6. The van der Waals surface area contributed by atoms with Crippen LogP contribution in [0.4, 0.5) is 0 Å². The van der Waals surface area contributed by atoms with Crippen molar-refractivity contribution in [3.8, 4) is 22.3 Å². The molecule has 0 aliphatic heterocycles. The Balaban J connectivity index is 0.00000186. The first-order valence-corrected chi connectivity index (χ1v) is 24.7. The fourth-order valence-corrected chi connectivity index (χ4v) is 16.2. The summed E-state index contributed by atoms with van der Waals surface area (Å²) in [7, 11) is 0. The Morgan fingerprint density at radius 2 is 1.41 bits per heavy atom. The van der Waals surface area contributed by atoms with Crippen LogP contribution in [0.1, 0.15) is 54.0 Å². The zero-order chi connectivity index (χ0) is 29.9. The largest absolute Gasteiger partial charge is 1.00 e. The number of rotatable bonds is 6. The van der Waals surface area contributed by atoms with Crippen LogP contribution in [-0.2, 0) is 28.8 Å². The standard InChI is InChI=1S/C40H31.C2H7Si.2ClH.Zr/c1-3-25(2)36-24-39-33(37-22-26-12-4-6-14-28(26)30-16-8-9-17-32(30)37)19-11-21-35(39)40(36)34-20-10-18-31-29-15-7-5-13-27(29)23-38(31)34;1-3-2;;;/h4-19,21-22,24-25,40H,3,23H2,1-2H3;3H,1-2H3;2*1H;/q;;;;+2/p-2. The van der Waals surface area contributed by atoms with Gasteiger partial charge in [-0.25, -0.2) is 0 Å². The van der Waals surface area contributed by atoms with E-state index >= 15 is 0 Å². The molecule has 2 unspecified atom stereocenters. The van der Waals surface area contributed by atoms with Gasteiger partial charge in [0.25, 0.3) is 0 Å². The van der Waals surface area contributed by atoms with E-state index in [9.17, 15) is 0 Å². The molecule has 0 nitrogen and oxygen atoms in total. The Morgan fingerprint density at radius 1 is 0.717 bits per heavy atom. The molecule has 2 atom stereocenters. The molecular formula is C42H38Cl2SiZr. The molecule has 0 heterocycles. The van der Waals surface area contributed by atoms with Crippen LogP contribution in [-0.4, -0.2) is 5.92 Å². The summed E-state index contributed by atoms with van der Waals surface area (Å²) in [5.41, 5.74) is 15.1. The molecule has 0 N–H and O–H groups in total. The van der Waals surface area contributed by atoms with Gasteiger partial charge in [-0.1, -0.05) is 0 Å². The van der Waals surface area contributed by atoms with Gasteiger partial charge < -0.3 is 24.8 Å². The molecule has 2 aliphatic carbocycles. The van der Waals surface area contributed by atoms with E-state index in [0.717, 1.165) is 12.8 Å². The zero-order valence-electron chi connectivity index (χ0n) is 26.9. The van der Waals surface area contributed by atoms with Crippen molar-refractivity contribution in [3.63, 3.8) is 0 Å². The Morgan fingerprint density at radius 3 is 2.20 bits per heavy atom. The molecule has 0 saturated heterocycles. The number of halogens is 2. The van der Waals surface area contributed by atoms with Gasteiger partial charge in [0.2, 0.25) is 0 Å². The topological polar surface area (TPSA) is 0 Å². The van der Waals surface area contributed by atoms with Crippen LogP contribution in [0.3, 0.4) is 0 Å². The molecular weight excluding hydrogens is 695 g/mol. The van der Waals surface area contributed by atoms with Crippen LogP contribution >= 0.6 is 0 Å². The average Bonchev–Trinajstić information content (AvgIpc) is 3.62. The van der Waals surface area contributed by atoms with E-state index in [1.807, 2.05) is 0 Å². The van der Waals surface area contributed by atoms with Gasteiger partial charge in [0.1, 0.15) is 0 Å². The number of allylic oxidation sites excluding steroid dienone is 1. The first-order valence-electron chi connectivity index (χ1n) is 16.3. The quantitative estimate of drug-likeness (QED) is 0.175. The van der Waals surface area contributed by atoms with Gasteiger partial charge in [-0.15, -0.1) is 0 Å². The van der Waals surface area contributed by atoms with E-state index in [4.69, 9.17) is 0 Å². The SMILES string of the molecule is CCC(C)C1=Cc2c(-c3cc4ccccc4c4ccccc34)cccc2C1c1[c]([Zr+2][SiH](C)C)ccc2c1Cc1ccccc1-2.[Cl-].[Cl-]. The van der Waals surface area contributed by atoms with E-state index in [0.29, 0.717) is 11.8 Å². The zero-order valence-corrected chi connectivity index (χ0v) is 32.0. The van der Waals surface area contributed by atoms with Crippen molar-refractivity contribution >= 4 is 36.8 Å². The molecule has 0 spiro atoms. The molecule has 6 aromatic rings. The molecule has 8 rings (SSSR count). The van der Waals surface area contributed by atoms with Gasteiger partial charge in [0.05, 0.1) is 0 Å². The van der Waals surface area contributed by atoms with Gasteiger partial charge >= 0.3 is 276 Å². The van der Waals surface area contributed by atoms with Crippen molar-refractivity contribution in [3.05, 3.63) is 143 Å². The average molecular weight is 733 g/mol. The Hall–Kier alpha value is -2.74. The van der Waals surface area contributed by atoms with E-state index in [1.54, 1.807) is 20.0 Å². The minimum atomic E-state index is -0.669. The van der Waals surface area contributed by atoms with Crippen molar-refractivity contribution in [2.24, 2.45) is 5.92 Å². The molecule has 0 amide bonds. The van der Waals surface area contributed by atoms with E-state index in [1.165, 1.54) is 60.5 Å². The molecule has 0 fully saturated rings. The van der Waals surface area contributed by atoms with Crippen LogP contribution in [0, 0.1) is 5.92 Å². The van der Waals surface area contributed by atoms with Crippen molar-refractivity contribution in [1.82, 2.24) is 0 Å². The van der Waals surface area contributed by atoms with Crippen LogP contribution in [0.2, 0.25) is 13.1 Å². The molecule has 46 heavy (non-hydrogen) atoms. The van der Waals surface area contributed by atoms with Gasteiger partial charge in [0.15, 0.2) is 0 Å². The van der Waals surface area contributed by atoms with Crippen LogP contribution in [0.15, 0.2) is 115 Å². The third kappa shape index (κ3) is 5.40. The van der Waals surface area contributed by atoms with E-state index < -0.39 is 28.3 Å². The van der Waals surface area contributed by atoms with Crippen LogP contribution < -0.4 is 28.1 Å². The first kappa shape index (κ1) is 33.2. The fraction of sp³-hybridized carbons (Fsp3) is 0.190. The fourth-order valence-electron chi connectivity index (χ4n) is 7.92. The summed E-state index contributed by atoms with van der Waals surface area (Å²) < 4.78 is 1.76. The van der Waals surface area contributed by atoms with E-state index in [-0.39, 0.29) is 24.8 Å². The molecule has 0 saturated carbocycles. The Labute approximate surface area is 298 Å². The maximum Gasteiger partial charge on any atom is -1.00 e. The minimum Gasteiger partial charge on any atom is -1.00 e. The van der Waals surface area contributed by atoms with Gasteiger partial charge in [0, 0.05) is 0 Å².